The fraction of sp³-hybridized carbons (Fsp3) is 0.250. The highest BCUT2D eigenvalue weighted by Gasteiger charge is 2.26. The summed E-state index contributed by atoms with van der Waals surface area (Å²) in [5.41, 5.74) is 3.52. The summed E-state index contributed by atoms with van der Waals surface area (Å²) in [5.74, 6) is -0.744. The molecule has 9 heteroatoms. The summed E-state index contributed by atoms with van der Waals surface area (Å²) in [4.78, 5) is 28.0. The van der Waals surface area contributed by atoms with E-state index >= 15 is 0 Å². The van der Waals surface area contributed by atoms with Crippen molar-refractivity contribution in [3.63, 3.8) is 0 Å². The molecule has 0 saturated heterocycles. The number of aryl methyl sites for hydroxylation is 1. The maximum absolute atomic E-state index is 13.3. The van der Waals surface area contributed by atoms with Gasteiger partial charge in [-0.3, -0.25) is 9.59 Å². The van der Waals surface area contributed by atoms with Crippen molar-refractivity contribution in [1.82, 2.24) is 15.0 Å². The molecule has 3 N–H and O–H groups in total. The van der Waals surface area contributed by atoms with E-state index in [-0.39, 0.29) is 29.7 Å². The van der Waals surface area contributed by atoms with Gasteiger partial charge in [0, 0.05) is 30.8 Å². The Kier molecular flexibility index (Phi) is 6.44. The van der Waals surface area contributed by atoms with Crippen LogP contribution < -0.4 is 10.0 Å². The van der Waals surface area contributed by atoms with Crippen LogP contribution in [0.25, 0.3) is 0 Å². The molecule has 0 aliphatic heterocycles. The lowest BCUT2D eigenvalue weighted by molar-refractivity contribution is 0.0945. The lowest BCUT2D eigenvalue weighted by atomic mass is 9.94. The van der Waals surface area contributed by atoms with Crippen LogP contribution in [-0.2, 0) is 29.5 Å². The molecule has 0 radical (unpaired) electrons. The van der Waals surface area contributed by atoms with Gasteiger partial charge in [0.15, 0.2) is 5.78 Å². The van der Waals surface area contributed by atoms with Crippen molar-refractivity contribution >= 4 is 21.7 Å². The largest absolute Gasteiger partial charge is 0.354 e. The molecule has 1 aliphatic carbocycles. The molecule has 7 nitrogen and oxygen atoms in total. The first-order valence-corrected chi connectivity index (χ1v) is 12.1. The maximum Gasteiger partial charge on any atom is 0.268 e. The van der Waals surface area contributed by atoms with Gasteiger partial charge in [-0.2, -0.15) is 0 Å². The number of sulfonamides is 1. The van der Waals surface area contributed by atoms with Gasteiger partial charge in [-0.15, -0.1) is 0 Å². The number of hydrogen-bond acceptors (Lipinski definition) is 4. The number of ketones is 1. The van der Waals surface area contributed by atoms with Crippen LogP contribution >= 0.6 is 0 Å². The third kappa shape index (κ3) is 5.04. The molecule has 0 spiro atoms. The summed E-state index contributed by atoms with van der Waals surface area (Å²) in [5, 5.41) is 2.78. The van der Waals surface area contributed by atoms with Crippen molar-refractivity contribution in [2.45, 2.75) is 44.2 Å². The Morgan fingerprint density at radius 3 is 2.52 bits per heavy atom. The molecule has 0 atom stereocenters. The normalized spacial score (nSPS) is 13.6. The van der Waals surface area contributed by atoms with Crippen molar-refractivity contribution in [2.75, 3.05) is 0 Å². The standard InChI is InChI=1S/C24H24FN3O4S/c1-15-22-20(9-4-10-21(22)29)28-23(15)24(30)26-13-17-6-3-8-19(12-17)33(31,32)27-14-16-5-2-7-18(25)11-16/h2-3,5-8,11-12,27-28H,4,9-10,13-14H2,1H3,(H,26,30). The lowest BCUT2D eigenvalue weighted by Crippen LogP contribution is -2.25. The number of rotatable bonds is 7. The minimum atomic E-state index is -3.83. The SMILES string of the molecule is Cc1c(C(=O)NCc2cccc(S(=O)(=O)NCc3cccc(F)c3)c2)[nH]c2c1C(=O)CCC2. The van der Waals surface area contributed by atoms with Crippen molar-refractivity contribution in [3.8, 4) is 0 Å². The molecule has 172 valence electrons. The second-order valence-electron chi connectivity index (χ2n) is 8.04. The molecule has 0 fully saturated rings. The molecular weight excluding hydrogens is 445 g/mol. The van der Waals surface area contributed by atoms with E-state index in [9.17, 15) is 22.4 Å². The summed E-state index contributed by atoms with van der Waals surface area (Å²) in [6.07, 6.45) is 1.99. The number of halogens is 1. The van der Waals surface area contributed by atoms with Crippen LogP contribution in [0.15, 0.2) is 53.4 Å². The van der Waals surface area contributed by atoms with Gasteiger partial charge in [-0.1, -0.05) is 24.3 Å². The Bertz CT molecular complexity index is 1330. The average Bonchev–Trinajstić information content (AvgIpc) is 3.14. The smallest absolute Gasteiger partial charge is 0.268 e. The van der Waals surface area contributed by atoms with Crippen molar-refractivity contribution in [1.29, 1.82) is 0 Å². The van der Waals surface area contributed by atoms with E-state index in [1.807, 2.05) is 0 Å². The quantitative estimate of drug-likeness (QED) is 0.493. The van der Waals surface area contributed by atoms with Gasteiger partial charge < -0.3 is 10.3 Å². The molecule has 2 aromatic carbocycles. The topological polar surface area (TPSA) is 108 Å². The van der Waals surface area contributed by atoms with Gasteiger partial charge in [-0.05, 0) is 60.7 Å². The van der Waals surface area contributed by atoms with E-state index in [1.54, 1.807) is 25.1 Å². The summed E-state index contributed by atoms with van der Waals surface area (Å²) < 4.78 is 41.1. The molecule has 4 rings (SSSR count). The number of Topliss-reactive ketones (excluding diaryl/α,β-unsaturated/α-hetero) is 1. The van der Waals surface area contributed by atoms with Crippen molar-refractivity contribution in [3.05, 3.63) is 88.0 Å². The number of aromatic amines is 1. The summed E-state index contributed by atoms with van der Waals surface area (Å²) >= 11 is 0. The second kappa shape index (κ2) is 9.29. The number of amides is 1. The Morgan fingerprint density at radius 2 is 1.79 bits per heavy atom. The van der Waals surface area contributed by atoms with Crippen molar-refractivity contribution < 1.29 is 22.4 Å². The number of nitrogens with one attached hydrogen (secondary N) is 3. The molecule has 33 heavy (non-hydrogen) atoms. The summed E-state index contributed by atoms with van der Waals surface area (Å²) in [6.45, 7) is 1.82. The summed E-state index contributed by atoms with van der Waals surface area (Å²) in [7, 11) is -3.83. The minimum Gasteiger partial charge on any atom is -0.354 e. The highest BCUT2D eigenvalue weighted by molar-refractivity contribution is 7.89. The van der Waals surface area contributed by atoms with E-state index in [4.69, 9.17) is 0 Å². The number of aromatic nitrogens is 1. The van der Waals surface area contributed by atoms with Gasteiger partial charge in [0.1, 0.15) is 11.5 Å². The molecule has 1 aliphatic rings. The predicted octanol–water partition coefficient (Wildman–Crippen LogP) is 3.39. The predicted molar refractivity (Wildman–Crippen MR) is 121 cm³/mol. The number of hydrogen-bond donors (Lipinski definition) is 3. The van der Waals surface area contributed by atoms with Gasteiger partial charge in [0.2, 0.25) is 10.0 Å². The molecule has 3 aromatic rings. The number of benzene rings is 2. The zero-order valence-corrected chi connectivity index (χ0v) is 18.9. The van der Waals surface area contributed by atoms with Gasteiger partial charge >= 0.3 is 0 Å². The number of carbonyl (C=O) groups excluding carboxylic acids is 2. The van der Waals surface area contributed by atoms with Crippen LogP contribution in [0.3, 0.4) is 0 Å². The second-order valence-corrected chi connectivity index (χ2v) is 9.81. The molecule has 0 bridgehead atoms. The van der Waals surface area contributed by atoms with Crippen LogP contribution in [0.1, 0.15) is 56.1 Å². The summed E-state index contributed by atoms with van der Waals surface area (Å²) in [6, 6.07) is 11.9. The van der Waals surface area contributed by atoms with E-state index in [0.717, 1.165) is 18.5 Å². The van der Waals surface area contributed by atoms with E-state index in [1.165, 1.54) is 30.3 Å². The van der Waals surface area contributed by atoms with Crippen molar-refractivity contribution in [2.24, 2.45) is 0 Å². The van der Waals surface area contributed by atoms with Crippen LogP contribution in [0.5, 0.6) is 0 Å². The fourth-order valence-corrected chi connectivity index (χ4v) is 5.09. The zero-order chi connectivity index (χ0) is 23.6. The first-order chi connectivity index (χ1) is 15.7. The number of fused-ring (bicyclic) bond motifs is 1. The van der Waals surface area contributed by atoms with E-state index in [2.05, 4.69) is 15.0 Å². The molecule has 1 amide bonds. The van der Waals surface area contributed by atoms with Gasteiger partial charge in [0.25, 0.3) is 5.91 Å². The first kappa shape index (κ1) is 22.9. The Labute approximate surface area is 191 Å². The Hall–Kier alpha value is -3.30. The highest BCUT2D eigenvalue weighted by atomic mass is 32.2. The average molecular weight is 470 g/mol. The molecule has 1 heterocycles. The van der Waals surface area contributed by atoms with Crippen LogP contribution in [0, 0.1) is 12.7 Å². The number of carbonyl (C=O) groups is 2. The minimum absolute atomic E-state index is 0.0442. The van der Waals surface area contributed by atoms with Crippen LogP contribution in [0.4, 0.5) is 4.39 Å². The lowest BCUT2D eigenvalue weighted by Gasteiger charge is -2.10. The Morgan fingerprint density at radius 1 is 1.06 bits per heavy atom. The highest BCUT2D eigenvalue weighted by Crippen LogP contribution is 2.26. The fourth-order valence-electron chi connectivity index (χ4n) is 4.00. The molecular formula is C24H24FN3O4S. The maximum atomic E-state index is 13.3. The third-order valence-electron chi connectivity index (χ3n) is 5.68. The van der Waals surface area contributed by atoms with Gasteiger partial charge in [0.05, 0.1) is 4.90 Å². The molecule has 0 saturated carbocycles. The number of H-pyrrole nitrogens is 1. The van der Waals surface area contributed by atoms with Crippen LogP contribution in [0.2, 0.25) is 0 Å². The monoisotopic (exact) mass is 469 g/mol. The van der Waals surface area contributed by atoms with E-state index < -0.39 is 15.8 Å². The first-order valence-electron chi connectivity index (χ1n) is 10.6. The Balaban J connectivity index is 1.43. The van der Waals surface area contributed by atoms with E-state index in [0.29, 0.717) is 34.4 Å². The van der Waals surface area contributed by atoms with Gasteiger partial charge in [-0.25, -0.2) is 17.5 Å². The molecule has 1 aromatic heterocycles. The zero-order valence-electron chi connectivity index (χ0n) is 18.1. The third-order valence-corrected chi connectivity index (χ3v) is 7.08. The van der Waals surface area contributed by atoms with Crippen LogP contribution in [-0.4, -0.2) is 25.1 Å². The molecule has 0 unspecified atom stereocenters.